The first-order valence-electron chi connectivity index (χ1n) is 9.10. The van der Waals surface area contributed by atoms with Gasteiger partial charge in [0.25, 0.3) is 12.3 Å². The lowest BCUT2D eigenvalue weighted by Crippen LogP contribution is -2.41. The fraction of sp³-hybridized carbons (Fsp3) is 0.474. The highest BCUT2D eigenvalue weighted by atomic mass is 19.3. The second-order valence-corrected chi connectivity index (χ2v) is 7.00. The molecule has 27 heavy (non-hydrogen) atoms. The molecule has 0 bridgehead atoms. The Morgan fingerprint density at radius 1 is 1.26 bits per heavy atom. The van der Waals surface area contributed by atoms with E-state index in [9.17, 15) is 13.6 Å². The van der Waals surface area contributed by atoms with Crippen LogP contribution in [-0.2, 0) is 4.74 Å². The van der Waals surface area contributed by atoms with Crippen LogP contribution < -0.4 is 5.32 Å². The zero-order chi connectivity index (χ0) is 19.0. The van der Waals surface area contributed by atoms with Crippen molar-refractivity contribution in [1.29, 1.82) is 0 Å². The van der Waals surface area contributed by atoms with E-state index in [1.165, 1.54) is 10.9 Å². The van der Waals surface area contributed by atoms with Crippen LogP contribution in [0.1, 0.15) is 40.0 Å². The van der Waals surface area contributed by atoms with Gasteiger partial charge >= 0.3 is 0 Å². The molecule has 1 fully saturated rings. The summed E-state index contributed by atoms with van der Waals surface area (Å²) in [5.41, 5.74) is 2.36. The zero-order valence-electron chi connectivity index (χ0n) is 15.1. The highest BCUT2D eigenvalue weighted by molar-refractivity contribution is 5.99. The van der Waals surface area contributed by atoms with E-state index < -0.39 is 12.5 Å². The van der Waals surface area contributed by atoms with Gasteiger partial charge in [0.15, 0.2) is 0 Å². The Kier molecular flexibility index (Phi) is 4.82. The number of morpholine rings is 1. The van der Waals surface area contributed by atoms with E-state index in [0.717, 1.165) is 11.1 Å². The van der Waals surface area contributed by atoms with Crippen LogP contribution in [0.2, 0.25) is 0 Å². The van der Waals surface area contributed by atoms with E-state index in [2.05, 4.69) is 10.4 Å². The van der Waals surface area contributed by atoms with Crippen LogP contribution in [0.25, 0.3) is 0 Å². The Labute approximate surface area is 156 Å². The Balaban J connectivity index is 1.67. The van der Waals surface area contributed by atoms with Gasteiger partial charge in [-0.1, -0.05) is 29.8 Å². The van der Waals surface area contributed by atoms with Crippen molar-refractivity contribution in [3.63, 3.8) is 0 Å². The first kappa shape index (κ1) is 17.9. The molecule has 0 saturated carbocycles. The number of fused-ring (bicyclic) bond motifs is 1. The number of rotatable bonds is 3. The Bertz CT molecular complexity index is 816. The number of hydrogen-bond donors (Lipinski definition) is 1. The molecule has 3 heterocycles. The zero-order valence-corrected chi connectivity index (χ0v) is 15.1. The SMILES string of the molecule is Cc1ccc(C2CC(C(F)F)n3ncc(C(=O)N4CCOCC4)c3N2)cc1. The number of anilines is 1. The Morgan fingerprint density at radius 2 is 1.96 bits per heavy atom. The van der Waals surface area contributed by atoms with Crippen molar-refractivity contribution in [2.45, 2.75) is 31.9 Å². The molecule has 0 spiro atoms. The smallest absolute Gasteiger partial charge is 0.260 e. The number of carbonyl (C=O) groups is 1. The van der Waals surface area contributed by atoms with Crippen LogP contribution in [0.5, 0.6) is 0 Å². The van der Waals surface area contributed by atoms with Crippen LogP contribution >= 0.6 is 0 Å². The van der Waals surface area contributed by atoms with Gasteiger partial charge in [0.05, 0.1) is 25.5 Å². The molecule has 6 nitrogen and oxygen atoms in total. The van der Waals surface area contributed by atoms with Crippen molar-refractivity contribution >= 4 is 11.7 Å². The monoisotopic (exact) mass is 376 g/mol. The molecule has 0 radical (unpaired) electrons. The van der Waals surface area contributed by atoms with Crippen molar-refractivity contribution in [1.82, 2.24) is 14.7 Å². The lowest BCUT2D eigenvalue weighted by molar-refractivity contribution is 0.0302. The quantitative estimate of drug-likeness (QED) is 0.895. The molecule has 0 aliphatic carbocycles. The van der Waals surface area contributed by atoms with Crippen molar-refractivity contribution in [3.8, 4) is 0 Å². The Morgan fingerprint density at radius 3 is 2.63 bits per heavy atom. The second-order valence-electron chi connectivity index (χ2n) is 7.00. The minimum atomic E-state index is -2.56. The topological polar surface area (TPSA) is 59.4 Å². The predicted molar refractivity (Wildman–Crippen MR) is 96.2 cm³/mol. The molecule has 1 aromatic carbocycles. The van der Waals surface area contributed by atoms with E-state index in [1.54, 1.807) is 4.90 Å². The maximum absolute atomic E-state index is 13.7. The summed E-state index contributed by atoms with van der Waals surface area (Å²) in [6.45, 7) is 3.92. The molecule has 2 aliphatic heterocycles. The van der Waals surface area contributed by atoms with Gasteiger partial charge < -0.3 is 15.0 Å². The summed E-state index contributed by atoms with van der Waals surface area (Å²) in [7, 11) is 0. The number of alkyl halides is 2. The van der Waals surface area contributed by atoms with Gasteiger partial charge in [-0.25, -0.2) is 13.5 Å². The van der Waals surface area contributed by atoms with E-state index >= 15 is 0 Å². The van der Waals surface area contributed by atoms with Crippen molar-refractivity contribution < 1.29 is 18.3 Å². The molecule has 2 atom stereocenters. The third-order valence-corrected chi connectivity index (χ3v) is 5.20. The largest absolute Gasteiger partial charge is 0.378 e. The van der Waals surface area contributed by atoms with Gasteiger partial charge in [-0.15, -0.1) is 0 Å². The summed E-state index contributed by atoms with van der Waals surface area (Å²) in [6, 6.07) is 6.42. The summed E-state index contributed by atoms with van der Waals surface area (Å²) in [6.07, 6.45) is -0.960. The third-order valence-electron chi connectivity index (χ3n) is 5.20. The van der Waals surface area contributed by atoms with Crippen LogP contribution in [0.15, 0.2) is 30.5 Å². The highest BCUT2D eigenvalue weighted by Crippen LogP contribution is 2.39. The minimum Gasteiger partial charge on any atom is -0.378 e. The highest BCUT2D eigenvalue weighted by Gasteiger charge is 2.37. The van der Waals surface area contributed by atoms with Crippen LogP contribution in [-0.4, -0.2) is 53.3 Å². The number of benzene rings is 1. The Hall–Kier alpha value is -2.48. The first-order chi connectivity index (χ1) is 13.0. The number of halogens is 2. The van der Waals surface area contributed by atoms with Gasteiger partial charge in [0.2, 0.25) is 0 Å². The van der Waals surface area contributed by atoms with Gasteiger partial charge in [-0.3, -0.25) is 4.79 Å². The van der Waals surface area contributed by atoms with Gasteiger partial charge in [0.1, 0.15) is 17.4 Å². The fourth-order valence-corrected chi connectivity index (χ4v) is 3.64. The summed E-state index contributed by atoms with van der Waals surface area (Å²) in [5.74, 6) is 0.165. The summed E-state index contributed by atoms with van der Waals surface area (Å²) >= 11 is 0. The number of hydrogen-bond acceptors (Lipinski definition) is 4. The van der Waals surface area contributed by atoms with E-state index in [1.807, 2.05) is 31.2 Å². The number of carbonyl (C=O) groups excluding carboxylic acids is 1. The molecular weight excluding hydrogens is 354 g/mol. The number of nitrogens with one attached hydrogen (secondary N) is 1. The van der Waals surface area contributed by atoms with Crippen LogP contribution in [0.3, 0.4) is 0 Å². The summed E-state index contributed by atoms with van der Waals surface area (Å²) in [4.78, 5) is 14.6. The average Bonchev–Trinajstić information content (AvgIpc) is 3.11. The molecular formula is C19H22F2N4O2. The normalized spacial score (nSPS) is 22.4. The third kappa shape index (κ3) is 3.41. The molecule has 1 aromatic heterocycles. The molecule has 1 amide bonds. The molecule has 144 valence electrons. The van der Waals surface area contributed by atoms with Crippen molar-refractivity contribution in [3.05, 3.63) is 47.2 Å². The second kappa shape index (κ2) is 7.26. The summed E-state index contributed by atoms with van der Waals surface area (Å²) < 4.78 is 34.0. The van der Waals surface area contributed by atoms with E-state index in [-0.39, 0.29) is 18.4 Å². The van der Waals surface area contributed by atoms with Crippen molar-refractivity contribution in [2.24, 2.45) is 0 Å². The lowest BCUT2D eigenvalue weighted by Gasteiger charge is -2.33. The minimum absolute atomic E-state index is 0.204. The number of aromatic nitrogens is 2. The maximum Gasteiger partial charge on any atom is 0.260 e. The van der Waals surface area contributed by atoms with E-state index in [4.69, 9.17) is 4.74 Å². The molecule has 1 N–H and O–H groups in total. The molecule has 4 rings (SSSR count). The van der Waals surface area contributed by atoms with Crippen molar-refractivity contribution in [2.75, 3.05) is 31.6 Å². The number of amides is 1. The maximum atomic E-state index is 13.7. The fourth-order valence-electron chi connectivity index (χ4n) is 3.64. The summed E-state index contributed by atoms with van der Waals surface area (Å²) in [5, 5.41) is 7.39. The number of nitrogens with zero attached hydrogens (tertiary/aromatic N) is 3. The molecule has 1 saturated heterocycles. The standard InChI is InChI=1S/C19H22F2N4O2/c1-12-2-4-13(5-3-12)15-10-16(17(20)21)25-18(23-15)14(11-22-25)19(26)24-6-8-27-9-7-24/h2-5,11,15-17,23H,6-10H2,1H3. The van der Waals surface area contributed by atoms with Gasteiger partial charge in [-0.05, 0) is 18.9 Å². The molecule has 2 aromatic rings. The first-order valence-corrected chi connectivity index (χ1v) is 9.10. The average molecular weight is 376 g/mol. The van der Waals surface area contributed by atoms with Gasteiger partial charge in [-0.2, -0.15) is 5.10 Å². The lowest BCUT2D eigenvalue weighted by atomic mass is 9.96. The van der Waals surface area contributed by atoms with Gasteiger partial charge in [0, 0.05) is 13.1 Å². The number of ether oxygens (including phenoxy) is 1. The van der Waals surface area contributed by atoms with Crippen LogP contribution in [0, 0.1) is 6.92 Å². The molecule has 2 aliphatic rings. The number of aryl methyl sites for hydroxylation is 1. The van der Waals surface area contributed by atoms with Crippen LogP contribution in [0.4, 0.5) is 14.6 Å². The molecule has 8 heteroatoms. The predicted octanol–water partition coefficient (Wildman–Crippen LogP) is 3.03. The molecule has 2 unspecified atom stereocenters. The van der Waals surface area contributed by atoms with E-state index in [0.29, 0.717) is 37.7 Å².